The molecule has 33 heavy (non-hydrogen) atoms. The number of morpholine rings is 1. The molecule has 1 aromatic carbocycles. The van der Waals surface area contributed by atoms with Crippen molar-refractivity contribution < 1.29 is 14.6 Å². The Labute approximate surface area is 196 Å². The molecule has 1 aliphatic heterocycles. The maximum absolute atomic E-state index is 9.97. The Morgan fingerprint density at radius 1 is 1.18 bits per heavy atom. The van der Waals surface area contributed by atoms with Gasteiger partial charge in [0.25, 0.3) is 0 Å². The minimum Gasteiger partial charge on any atom is -0.491 e. The Kier molecular flexibility index (Phi) is 8.36. The van der Waals surface area contributed by atoms with Crippen LogP contribution in [0.15, 0.2) is 30.3 Å². The number of aliphatic hydroxyl groups is 1. The number of aromatic nitrogens is 2. The summed E-state index contributed by atoms with van der Waals surface area (Å²) in [5.41, 5.74) is 1.86. The van der Waals surface area contributed by atoms with Gasteiger partial charge in [0, 0.05) is 44.4 Å². The average molecular weight is 456 g/mol. The molecule has 2 aliphatic rings. The summed E-state index contributed by atoms with van der Waals surface area (Å²) in [7, 11) is 3.97. The van der Waals surface area contributed by atoms with Crippen molar-refractivity contribution in [3.8, 4) is 17.0 Å². The van der Waals surface area contributed by atoms with Gasteiger partial charge < -0.3 is 29.7 Å². The fourth-order valence-electron chi connectivity index (χ4n) is 4.54. The van der Waals surface area contributed by atoms with Crippen molar-refractivity contribution in [1.82, 2.24) is 15.3 Å². The van der Waals surface area contributed by atoms with Crippen molar-refractivity contribution in [3.05, 3.63) is 30.3 Å². The van der Waals surface area contributed by atoms with Gasteiger partial charge in [-0.05, 0) is 32.0 Å². The predicted octanol–water partition coefficient (Wildman–Crippen LogP) is 2.71. The van der Waals surface area contributed by atoms with Gasteiger partial charge in [0.1, 0.15) is 24.3 Å². The summed E-state index contributed by atoms with van der Waals surface area (Å²) in [6.45, 7) is 3.71. The maximum atomic E-state index is 9.97. The molecule has 0 amide bonds. The molecule has 8 heteroatoms. The second-order valence-corrected chi connectivity index (χ2v) is 8.96. The van der Waals surface area contributed by atoms with E-state index in [4.69, 9.17) is 19.4 Å². The van der Waals surface area contributed by atoms with Gasteiger partial charge in [0.05, 0.1) is 18.9 Å². The number of anilines is 2. The minimum absolute atomic E-state index is 0.239. The van der Waals surface area contributed by atoms with Crippen molar-refractivity contribution in [2.24, 2.45) is 0 Å². The molecule has 2 heterocycles. The monoisotopic (exact) mass is 455 g/mol. The van der Waals surface area contributed by atoms with Crippen LogP contribution in [0.2, 0.25) is 0 Å². The van der Waals surface area contributed by atoms with Crippen LogP contribution in [0.25, 0.3) is 11.3 Å². The first-order valence-corrected chi connectivity index (χ1v) is 12.1. The molecular weight excluding hydrogens is 418 g/mol. The van der Waals surface area contributed by atoms with Crippen molar-refractivity contribution in [1.29, 1.82) is 0 Å². The number of hydrogen-bond acceptors (Lipinski definition) is 8. The Morgan fingerprint density at radius 3 is 2.73 bits per heavy atom. The summed E-state index contributed by atoms with van der Waals surface area (Å²) in [6, 6.07) is 10.5. The quantitative estimate of drug-likeness (QED) is 0.597. The molecule has 1 saturated carbocycles. The van der Waals surface area contributed by atoms with E-state index in [-0.39, 0.29) is 6.61 Å². The van der Waals surface area contributed by atoms with Crippen molar-refractivity contribution in [3.63, 3.8) is 0 Å². The lowest BCUT2D eigenvalue weighted by molar-refractivity contribution is 0.108. The number of nitrogens with one attached hydrogen (secondary N) is 1. The van der Waals surface area contributed by atoms with E-state index in [1.807, 2.05) is 31.3 Å². The second-order valence-electron chi connectivity index (χ2n) is 8.96. The first-order valence-electron chi connectivity index (χ1n) is 12.1. The minimum atomic E-state index is -0.554. The molecule has 0 radical (unpaired) electrons. The van der Waals surface area contributed by atoms with E-state index < -0.39 is 6.10 Å². The third kappa shape index (κ3) is 6.34. The Morgan fingerprint density at radius 2 is 1.97 bits per heavy atom. The number of likely N-dealkylation sites (N-methyl/N-ethyl adjacent to an activating group) is 1. The first kappa shape index (κ1) is 23.7. The zero-order chi connectivity index (χ0) is 23.0. The van der Waals surface area contributed by atoms with Gasteiger partial charge in [-0.15, -0.1) is 0 Å². The van der Waals surface area contributed by atoms with Crippen molar-refractivity contribution in [2.75, 3.05) is 63.4 Å². The zero-order valence-corrected chi connectivity index (χ0v) is 19.9. The van der Waals surface area contributed by atoms with Crippen LogP contribution in [0.5, 0.6) is 5.75 Å². The van der Waals surface area contributed by atoms with Gasteiger partial charge in [-0.25, -0.2) is 4.98 Å². The van der Waals surface area contributed by atoms with Crippen LogP contribution in [0.4, 0.5) is 11.8 Å². The smallest absolute Gasteiger partial charge is 0.228 e. The van der Waals surface area contributed by atoms with Crippen LogP contribution >= 0.6 is 0 Å². The summed E-state index contributed by atoms with van der Waals surface area (Å²) in [5.74, 6) is 2.43. The van der Waals surface area contributed by atoms with Gasteiger partial charge in [-0.3, -0.25) is 0 Å². The highest BCUT2D eigenvalue weighted by atomic mass is 16.5. The molecule has 8 nitrogen and oxygen atoms in total. The van der Waals surface area contributed by atoms with E-state index in [1.54, 1.807) is 0 Å². The Bertz CT molecular complexity index is 884. The van der Waals surface area contributed by atoms with Crippen LogP contribution < -0.4 is 19.9 Å². The zero-order valence-electron chi connectivity index (χ0n) is 19.9. The first-order chi connectivity index (χ1) is 16.1. The molecule has 1 saturated heterocycles. The number of ether oxygens (including phenoxy) is 2. The van der Waals surface area contributed by atoms with E-state index >= 15 is 0 Å². The number of nitrogens with zero attached hydrogens (tertiary/aromatic N) is 4. The molecule has 4 rings (SSSR count). The Hall–Kier alpha value is -2.42. The van der Waals surface area contributed by atoms with Crippen LogP contribution in [-0.4, -0.2) is 80.8 Å². The highest BCUT2D eigenvalue weighted by molar-refractivity contribution is 5.66. The normalized spacial score (nSPS) is 18.2. The molecule has 1 unspecified atom stereocenters. The largest absolute Gasteiger partial charge is 0.491 e. The third-order valence-electron chi connectivity index (χ3n) is 6.49. The molecule has 2 aromatic rings. The number of hydrogen-bond donors (Lipinski definition) is 2. The molecule has 1 atom stereocenters. The lowest BCUT2D eigenvalue weighted by Gasteiger charge is -2.33. The fourth-order valence-corrected chi connectivity index (χ4v) is 4.54. The van der Waals surface area contributed by atoms with Crippen LogP contribution in [0.1, 0.15) is 32.1 Å². The average Bonchev–Trinajstić information content (AvgIpc) is 2.88. The van der Waals surface area contributed by atoms with Gasteiger partial charge >= 0.3 is 0 Å². The number of aliphatic hydroxyl groups excluding tert-OH is 1. The number of rotatable bonds is 9. The molecule has 180 valence electrons. The van der Waals surface area contributed by atoms with Gasteiger partial charge in [-0.2, -0.15) is 4.98 Å². The highest BCUT2D eigenvalue weighted by Gasteiger charge is 2.22. The molecule has 1 aliphatic carbocycles. The van der Waals surface area contributed by atoms with Gasteiger partial charge in [0.2, 0.25) is 5.95 Å². The SMILES string of the molecule is CNCC(O)COc1cccc(-c2cc(N(C)C3CCCCC3)nc(N3CCOCC3)n2)c1. The molecular formula is C25H37N5O3. The van der Waals surface area contributed by atoms with Gasteiger partial charge in [0.15, 0.2) is 0 Å². The molecule has 0 spiro atoms. The predicted molar refractivity (Wildman–Crippen MR) is 131 cm³/mol. The lowest BCUT2D eigenvalue weighted by Crippen LogP contribution is -2.38. The summed E-state index contributed by atoms with van der Waals surface area (Å²) < 4.78 is 11.4. The maximum Gasteiger partial charge on any atom is 0.228 e. The summed E-state index contributed by atoms with van der Waals surface area (Å²) in [5, 5.41) is 12.9. The van der Waals surface area contributed by atoms with E-state index in [0.29, 0.717) is 25.8 Å². The van der Waals surface area contributed by atoms with E-state index in [1.165, 1.54) is 32.1 Å². The standard InChI is InChI=1S/C25H37N5O3/c1-26-17-21(31)18-33-22-10-6-7-19(15-22)23-16-24(29(2)20-8-4-3-5-9-20)28-25(27-23)30-11-13-32-14-12-30/h6-7,10,15-16,20-21,26,31H,3-5,8-9,11-14,17-18H2,1-2H3. The third-order valence-corrected chi connectivity index (χ3v) is 6.49. The van der Waals surface area contributed by atoms with Crippen molar-refractivity contribution >= 4 is 11.8 Å². The summed E-state index contributed by atoms with van der Waals surface area (Å²) >= 11 is 0. The summed E-state index contributed by atoms with van der Waals surface area (Å²) in [6.07, 6.45) is 5.75. The van der Waals surface area contributed by atoms with Gasteiger partial charge in [-0.1, -0.05) is 31.4 Å². The molecule has 2 N–H and O–H groups in total. The van der Waals surface area contributed by atoms with E-state index in [2.05, 4.69) is 28.2 Å². The molecule has 2 fully saturated rings. The molecule has 1 aromatic heterocycles. The highest BCUT2D eigenvalue weighted by Crippen LogP contribution is 2.30. The summed E-state index contributed by atoms with van der Waals surface area (Å²) in [4.78, 5) is 14.5. The van der Waals surface area contributed by atoms with E-state index in [9.17, 15) is 5.11 Å². The number of benzene rings is 1. The van der Waals surface area contributed by atoms with E-state index in [0.717, 1.165) is 41.9 Å². The van der Waals surface area contributed by atoms with Crippen LogP contribution in [-0.2, 0) is 4.74 Å². The second kappa shape index (κ2) is 11.6. The van der Waals surface area contributed by atoms with Crippen LogP contribution in [0, 0.1) is 0 Å². The molecule has 0 bridgehead atoms. The lowest BCUT2D eigenvalue weighted by atomic mass is 9.94. The van der Waals surface area contributed by atoms with Crippen molar-refractivity contribution in [2.45, 2.75) is 44.2 Å². The topological polar surface area (TPSA) is 83.0 Å². The Balaban J connectivity index is 1.61. The van der Waals surface area contributed by atoms with Crippen LogP contribution in [0.3, 0.4) is 0 Å². The fraction of sp³-hybridized carbons (Fsp3) is 0.600.